The Morgan fingerprint density at radius 2 is 2.09 bits per heavy atom. The molecule has 0 spiro atoms. The number of hydrogen-bond acceptors (Lipinski definition) is 3. The van der Waals surface area contributed by atoms with Crippen molar-refractivity contribution in [3.8, 4) is 0 Å². The van der Waals surface area contributed by atoms with Crippen molar-refractivity contribution in [2.75, 3.05) is 18.8 Å². The molecule has 1 atom stereocenters. The van der Waals surface area contributed by atoms with Gasteiger partial charge in [-0.2, -0.15) is 13.2 Å². The summed E-state index contributed by atoms with van der Waals surface area (Å²) >= 11 is 1.02. The van der Waals surface area contributed by atoms with E-state index in [1.165, 1.54) is 17.0 Å². The van der Waals surface area contributed by atoms with Gasteiger partial charge in [-0.15, -0.1) is 11.8 Å². The Morgan fingerprint density at radius 3 is 2.65 bits per heavy atom. The van der Waals surface area contributed by atoms with Gasteiger partial charge < -0.3 is 10.0 Å². The first kappa shape index (κ1) is 17.7. The lowest BCUT2D eigenvalue weighted by Crippen LogP contribution is -2.35. The fourth-order valence-corrected chi connectivity index (χ4v) is 3.20. The molecule has 23 heavy (non-hydrogen) atoms. The Balaban J connectivity index is 1.94. The molecule has 1 aromatic carbocycles. The summed E-state index contributed by atoms with van der Waals surface area (Å²) in [5.41, 5.74) is -1.70. The first-order chi connectivity index (χ1) is 10.6. The van der Waals surface area contributed by atoms with Gasteiger partial charge in [-0.05, 0) is 31.5 Å². The Labute approximate surface area is 135 Å². The van der Waals surface area contributed by atoms with Gasteiger partial charge in [0, 0.05) is 18.0 Å². The van der Waals surface area contributed by atoms with Crippen molar-refractivity contribution in [3.63, 3.8) is 0 Å². The zero-order valence-electron chi connectivity index (χ0n) is 12.4. The number of carboxylic acid groups (broad SMARTS) is 1. The van der Waals surface area contributed by atoms with E-state index in [0.29, 0.717) is 17.9 Å². The molecule has 1 fully saturated rings. The van der Waals surface area contributed by atoms with Crippen LogP contribution in [-0.4, -0.2) is 40.7 Å². The van der Waals surface area contributed by atoms with Crippen LogP contribution in [0, 0.1) is 5.41 Å². The van der Waals surface area contributed by atoms with Crippen molar-refractivity contribution >= 4 is 23.6 Å². The molecule has 2 rings (SSSR count). The number of benzene rings is 1. The molecule has 0 saturated carbocycles. The van der Waals surface area contributed by atoms with E-state index in [2.05, 4.69) is 0 Å². The first-order valence-corrected chi connectivity index (χ1v) is 7.92. The van der Waals surface area contributed by atoms with Gasteiger partial charge in [0.05, 0.1) is 16.7 Å². The number of likely N-dealkylation sites (tertiary alicyclic amines) is 1. The molecule has 1 unspecified atom stereocenters. The molecule has 1 saturated heterocycles. The van der Waals surface area contributed by atoms with Crippen LogP contribution in [0.3, 0.4) is 0 Å². The topological polar surface area (TPSA) is 57.6 Å². The number of halogens is 3. The van der Waals surface area contributed by atoms with E-state index in [-0.39, 0.29) is 18.2 Å². The summed E-state index contributed by atoms with van der Waals surface area (Å²) in [4.78, 5) is 25.1. The van der Waals surface area contributed by atoms with E-state index in [4.69, 9.17) is 5.11 Å². The SMILES string of the molecule is CC1(C(=O)O)CCN(C(=O)CSc2cccc(C(F)(F)F)c2)C1. The second-order valence-electron chi connectivity index (χ2n) is 5.75. The molecule has 0 aromatic heterocycles. The van der Waals surface area contributed by atoms with Crippen LogP contribution in [0.4, 0.5) is 13.2 Å². The van der Waals surface area contributed by atoms with Crippen molar-refractivity contribution in [2.24, 2.45) is 5.41 Å². The highest BCUT2D eigenvalue weighted by Crippen LogP contribution is 2.33. The first-order valence-electron chi connectivity index (χ1n) is 6.93. The van der Waals surface area contributed by atoms with Gasteiger partial charge in [0.25, 0.3) is 0 Å². The van der Waals surface area contributed by atoms with Crippen LogP contribution >= 0.6 is 11.8 Å². The molecule has 1 aliphatic heterocycles. The second kappa shape index (κ2) is 6.43. The minimum atomic E-state index is -4.42. The standard InChI is InChI=1S/C15H16F3NO3S/c1-14(13(21)22)5-6-19(9-14)12(20)8-23-11-4-2-3-10(7-11)15(16,17)18/h2-4,7H,5-6,8-9H2,1H3,(H,21,22). The number of carbonyl (C=O) groups is 2. The summed E-state index contributed by atoms with van der Waals surface area (Å²) < 4.78 is 37.9. The molecule has 1 aromatic rings. The fraction of sp³-hybridized carbons (Fsp3) is 0.467. The van der Waals surface area contributed by atoms with E-state index in [9.17, 15) is 22.8 Å². The largest absolute Gasteiger partial charge is 0.481 e. The van der Waals surface area contributed by atoms with Crippen molar-refractivity contribution in [3.05, 3.63) is 29.8 Å². The van der Waals surface area contributed by atoms with Crippen LogP contribution in [0.15, 0.2) is 29.2 Å². The number of carbonyl (C=O) groups excluding carboxylic acids is 1. The Kier molecular flexibility index (Phi) is 4.93. The highest BCUT2D eigenvalue weighted by molar-refractivity contribution is 8.00. The Morgan fingerprint density at radius 1 is 1.39 bits per heavy atom. The molecule has 126 valence electrons. The molecular formula is C15H16F3NO3S. The van der Waals surface area contributed by atoms with Gasteiger partial charge in [0.1, 0.15) is 0 Å². The van der Waals surface area contributed by atoms with Crippen molar-refractivity contribution in [1.82, 2.24) is 4.90 Å². The number of hydrogen-bond donors (Lipinski definition) is 1. The molecule has 0 aliphatic carbocycles. The smallest absolute Gasteiger partial charge is 0.416 e. The summed E-state index contributed by atoms with van der Waals surface area (Å²) in [6, 6.07) is 4.79. The summed E-state index contributed by atoms with van der Waals surface area (Å²) in [6.07, 6.45) is -4.04. The average Bonchev–Trinajstić information content (AvgIpc) is 2.88. The average molecular weight is 347 g/mol. The lowest BCUT2D eigenvalue weighted by Gasteiger charge is -2.20. The summed E-state index contributed by atoms with van der Waals surface area (Å²) in [7, 11) is 0. The maximum atomic E-state index is 12.6. The zero-order valence-corrected chi connectivity index (χ0v) is 13.2. The van der Waals surface area contributed by atoms with E-state index in [1.54, 1.807) is 6.92 Å². The Bertz CT molecular complexity index is 620. The molecule has 1 heterocycles. The van der Waals surface area contributed by atoms with Crippen LogP contribution in [-0.2, 0) is 15.8 Å². The van der Waals surface area contributed by atoms with Crippen LogP contribution in [0.25, 0.3) is 0 Å². The summed E-state index contributed by atoms with van der Waals surface area (Å²) in [6.45, 7) is 2.07. The van der Waals surface area contributed by atoms with Crippen molar-refractivity contribution < 1.29 is 27.9 Å². The normalized spacial score (nSPS) is 21.5. The minimum absolute atomic E-state index is 0.0169. The van der Waals surface area contributed by atoms with Gasteiger partial charge in [-0.25, -0.2) is 0 Å². The molecule has 1 amide bonds. The van der Waals surface area contributed by atoms with E-state index < -0.39 is 23.1 Å². The van der Waals surface area contributed by atoms with Gasteiger partial charge in [0.15, 0.2) is 0 Å². The molecular weight excluding hydrogens is 331 g/mol. The molecule has 0 bridgehead atoms. The van der Waals surface area contributed by atoms with Crippen LogP contribution < -0.4 is 0 Å². The highest BCUT2D eigenvalue weighted by Gasteiger charge is 2.41. The predicted molar refractivity (Wildman–Crippen MR) is 79.1 cm³/mol. The number of carboxylic acids is 1. The van der Waals surface area contributed by atoms with Gasteiger partial charge in [-0.3, -0.25) is 9.59 Å². The zero-order chi connectivity index (χ0) is 17.3. The van der Waals surface area contributed by atoms with Gasteiger partial charge >= 0.3 is 12.1 Å². The minimum Gasteiger partial charge on any atom is -0.481 e. The Hall–Kier alpha value is -1.70. The number of aliphatic carboxylic acids is 1. The lowest BCUT2D eigenvalue weighted by atomic mass is 9.90. The number of nitrogens with zero attached hydrogens (tertiary/aromatic N) is 1. The van der Waals surface area contributed by atoms with Gasteiger partial charge in [0.2, 0.25) is 5.91 Å². The highest BCUT2D eigenvalue weighted by atomic mass is 32.2. The van der Waals surface area contributed by atoms with E-state index in [1.807, 2.05) is 0 Å². The molecule has 1 N–H and O–H groups in total. The third-order valence-corrected chi connectivity index (χ3v) is 4.84. The quantitative estimate of drug-likeness (QED) is 0.851. The van der Waals surface area contributed by atoms with Crippen LogP contribution in [0.2, 0.25) is 0 Å². The second-order valence-corrected chi connectivity index (χ2v) is 6.79. The number of amides is 1. The fourth-order valence-electron chi connectivity index (χ4n) is 2.35. The number of rotatable bonds is 4. The van der Waals surface area contributed by atoms with Gasteiger partial charge in [-0.1, -0.05) is 6.07 Å². The third-order valence-electron chi connectivity index (χ3n) is 3.87. The molecule has 1 aliphatic rings. The van der Waals surface area contributed by atoms with E-state index in [0.717, 1.165) is 23.9 Å². The number of alkyl halides is 3. The molecule has 8 heteroatoms. The maximum absolute atomic E-state index is 12.6. The molecule has 4 nitrogen and oxygen atoms in total. The van der Waals surface area contributed by atoms with E-state index >= 15 is 0 Å². The summed E-state index contributed by atoms with van der Waals surface area (Å²) in [5.74, 6) is -1.23. The summed E-state index contributed by atoms with van der Waals surface area (Å²) in [5, 5.41) is 9.14. The predicted octanol–water partition coefficient (Wildman–Crippen LogP) is 3.12. The third kappa shape index (κ3) is 4.19. The van der Waals surface area contributed by atoms with Crippen LogP contribution in [0.5, 0.6) is 0 Å². The maximum Gasteiger partial charge on any atom is 0.416 e. The van der Waals surface area contributed by atoms with Crippen molar-refractivity contribution in [2.45, 2.75) is 24.4 Å². The van der Waals surface area contributed by atoms with Crippen molar-refractivity contribution in [1.29, 1.82) is 0 Å². The molecule has 0 radical (unpaired) electrons. The lowest BCUT2D eigenvalue weighted by molar-refractivity contribution is -0.147. The number of thioether (sulfide) groups is 1. The monoisotopic (exact) mass is 347 g/mol. The van der Waals surface area contributed by atoms with Crippen LogP contribution in [0.1, 0.15) is 18.9 Å².